The van der Waals surface area contributed by atoms with Crippen LogP contribution in [-0.2, 0) is 0 Å². The van der Waals surface area contributed by atoms with Gasteiger partial charge in [-0.2, -0.15) is 0 Å². The van der Waals surface area contributed by atoms with Crippen LogP contribution in [0.2, 0.25) is 0 Å². The minimum Gasteiger partial charge on any atom is -0.296 e. The molecule has 0 saturated carbocycles. The smallest absolute Gasteiger partial charge is 0.164 e. The fraction of sp³-hybridized carbons (Fsp3) is 0.0286. The third kappa shape index (κ3) is 2.90. The lowest BCUT2D eigenvalue weighted by Gasteiger charge is -2.16. The van der Waals surface area contributed by atoms with Crippen LogP contribution in [-0.4, -0.2) is 14.5 Å². The number of rotatable bonds is 2. The summed E-state index contributed by atoms with van der Waals surface area (Å²) in [5.41, 5.74) is 13.6. The van der Waals surface area contributed by atoms with Crippen LogP contribution in [0.3, 0.4) is 0 Å². The Morgan fingerprint density at radius 2 is 1.05 bits per heavy atom. The summed E-state index contributed by atoms with van der Waals surface area (Å²) in [7, 11) is 0. The summed E-state index contributed by atoms with van der Waals surface area (Å²) < 4.78 is 2.32. The normalized spacial score (nSPS) is 11.8. The summed E-state index contributed by atoms with van der Waals surface area (Å²) in [6, 6.07) is 42.7. The van der Waals surface area contributed by atoms with E-state index in [1.165, 1.54) is 38.8 Å². The maximum absolute atomic E-state index is 5.25. The Hall–Kier alpha value is -5.02. The van der Waals surface area contributed by atoms with Gasteiger partial charge in [-0.3, -0.25) is 4.57 Å². The standard InChI is InChI=1S/C35H23N3/c1-22-32-27-17-8-7-15-25(27)24-14-5-6-16-26(24)28-18-11-21-31(33(28)32)38(22)35-34(23-12-3-2-4-13-23)36-29-19-9-10-20-30(29)37-35/h2-21H,1H3. The molecule has 7 aromatic rings. The van der Waals surface area contributed by atoms with Gasteiger partial charge in [0.15, 0.2) is 5.82 Å². The van der Waals surface area contributed by atoms with Gasteiger partial charge in [0, 0.05) is 22.2 Å². The summed E-state index contributed by atoms with van der Waals surface area (Å²) in [4.78, 5) is 10.4. The lowest BCUT2D eigenvalue weighted by atomic mass is 9.94. The Bertz CT molecular complexity index is 2030. The third-order valence-electron chi connectivity index (χ3n) is 7.75. The highest BCUT2D eigenvalue weighted by Crippen LogP contribution is 2.50. The summed E-state index contributed by atoms with van der Waals surface area (Å²) in [5.74, 6) is 0.854. The quantitative estimate of drug-likeness (QED) is 0.245. The van der Waals surface area contributed by atoms with Crippen LogP contribution in [0.15, 0.2) is 121 Å². The minimum absolute atomic E-state index is 0.854. The molecular weight excluding hydrogens is 462 g/mol. The largest absolute Gasteiger partial charge is 0.296 e. The van der Waals surface area contributed by atoms with Crippen molar-refractivity contribution in [2.45, 2.75) is 6.92 Å². The molecule has 2 aromatic heterocycles. The molecular formula is C35H23N3. The first-order valence-corrected chi connectivity index (χ1v) is 13.0. The molecule has 3 heteroatoms. The summed E-state index contributed by atoms with van der Waals surface area (Å²) >= 11 is 0. The van der Waals surface area contributed by atoms with Crippen molar-refractivity contribution in [3.05, 3.63) is 127 Å². The average molecular weight is 486 g/mol. The first kappa shape index (κ1) is 21.1. The fourth-order valence-corrected chi connectivity index (χ4v) is 6.11. The number of para-hydroxylation sites is 2. The van der Waals surface area contributed by atoms with Crippen LogP contribution in [0.25, 0.3) is 72.4 Å². The molecule has 0 N–H and O–H groups in total. The van der Waals surface area contributed by atoms with Crippen molar-refractivity contribution < 1.29 is 0 Å². The molecule has 0 spiro atoms. The SMILES string of the molecule is Cc1c2c3c(cccc3n1-c1nc3ccccc3nc1-c1ccccc1)-c1ccccc1-c1ccccc1-2. The zero-order chi connectivity index (χ0) is 25.2. The second-order valence-corrected chi connectivity index (χ2v) is 9.84. The number of fused-ring (bicyclic) bond motifs is 6. The Labute approximate surface area is 220 Å². The fourth-order valence-electron chi connectivity index (χ4n) is 6.11. The number of hydrogen-bond donors (Lipinski definition) is 0. The molecule has 2 heterocycles. The van der Waals surface area contributed by atoms with Crippen molar-refractivity contribution in [3.63, 3.8) is 0 Å². The van der Waals surface area contributed by atoms with E-state index in [9.17, 15) is 0 Å². The van der Waals surface area contributed by atoms with Crippen molar-refractivity contribution in [1.29, 1.82) is 0 Å². The lowest BCUT2D eigenvalue weighted by molar-refractivity contribution is 0.996. The van der Waals surface area contributed by atoms with Crippen LogP contribution in [0.4, 0.5) is 0 Å². The number of benzene rings is 5. The monoisotopic (exact) mass is 485 g/mol. The van der Waals surface area contributed by atoms with Gasteiger partial charge in [-0.15, -0.1) is 0 Å². The van der Waals surface area contributed by atoms with Gasteiger partial charge >= 0.3 is 0 Å². The van der Waals surface area contributed by atoms with Crippen LogP contribution in [0.1, 0.15) is 5.69 Å². The second kappa shape index (κ2) is 7.99. The molecule has 0 aliphatic heterocycles. The van der Waals surface area contributed by atoms with Crippen LogP contribution >= 0.6 is 0 Å². The Morgan fingerprint density at radius 1 is 0.500 bits per heavy atom. The van der Waals surface area contributed by atoms with E-state index in [-0.39, 0.29) is 0 Å². The first-order valence-electron chi connectivity index (χ1n) is 13.0. The van der Waals surface area contributed by atoms with Crippen molar-refractivity contribution in [2.75, 3.05) is 0 Å². The molecule has 178 valence electrons. The van der Waals surface area contributed by atoms with E-state index in [0.29, 0.717) is 0 Å². The molecule has 5 aromatic carbocycles. The van der Waals surface area contributed by atoms with Crippen LogP contribution in [0, 0.1) is 6.92 Å². The van der Waals surface area contributed by atoms with Gasteiger partial charge in [0.25, 0.3) is 0 Å². The highest BCUT2D eigenvalue weighted by Gasteiger charge is 2.28. The molecule has 0 bridgehead atoms. The van der Waals surface area contributed by atoms with Gasteiger partial charge < -0.3 is 0 Å². The van der Waals surface area contributed by atoms with Crippen molar-refractivity contribution >= 4 is 21.9 Å². The van der Waals surface area contributed by atoms with E-state index in [0.717, 1.165) is 39.3 Å². The number of aromatic nitrogens is 3. The Morgan fingerprint density at radius 3 is 1.79 bits per heavy atom. The second-order valence-electron chi connectivity index (χ2n) is 9.84. The predicted molar refractivity (Wildman–Crippen MR) is 156 cm³/mol. The molecule has 0 radical (unpaired) electrons. The number of nitrogens with zero attached hydrogens (tertiary/aromatic N) is 3. The van der Waals surface area contributed by atoms with Gasteiger partial charge in [0.2, 0.25) is 0 Å². The van der Waals surface area contributed by atoms with Crippen molar-refractivity contribution in [2.24, 2.45) is 0 Å². The molecule has 0 unspecified atom stereocenters. The van der Waals surface area contributed by atoms with E-state index in [4.69, 9.17) is 9.97 Å². The summed E-state index contributed by atoms with van der Waals surface area (Å²) in [6.45, 7) is 2.22. The van der Waals surface area contributed by atoms with Gasteiger partial charge in [-0.1, -0.05) is 103 Å². The molecule has 38 heavy (non-hydrogen) atoms. The van der Waals surface area contributed by atoms with Crippen molar-refractivity contribution in [1.82, 2.24) is 14.5 Å². The minimum atomic E-state index is 0.854. The van der Waals surface area contributed by atoms with E-state index < -0.39 is 0 Å². The van der Waals surface area contributed by atoms with E-state index in [2.05, 4.69) is 102 Å². The maximum Gasteiger partial charge on any atom is 0.164 e. The maximum atomic E-state index is 5.25. The van der Waals surface area contributed by atoms with Gasteiger partial charge in [0.1, 0.15) is 5.69 Å². The van der Waals surface area contributed by atoms with E-state index >= 15 is 0 Å². The summed E-state index contributed by atoms with van der Waals surface area (Å²) in [5, 5.41) is 1.26. The van der Waals surface area contributed by atoms with Crippen molar-refractivity contribution in [3.8, 4) is 50.5 Å². The topological polar surface area (TPSA) is 30.7 Å². The van der Waals surface area contributed by atoms with Crippen LogP contribution in [0.5, 0.6) is 0 Å². The highest BCUT2D eigenvalue weighted by atomic mass is 15.1. The molecule has 8 rings (SSSR count). The Kier molecular flexibility index (Phi) is 4.44. The predicted octanol–water partition coefficient (Wildman–Crippen LogP) is 8.86. The third-order valence-corrected chi connectivity index (χ3v) is 7.75. The molecule has 0 amide bonds. The lowest BCUT2D eigenvalue weighted by Crippen LogP contribution is -2.05. The van der Waals surface area contributed by atoms with Gasteiger partial charge in [0.05, 0.1) is 16.6 Å². The average Bonchev–Trinajstić information content (AvgIpc) is 3.21. The number of hydrogen-bond acceptors (Lipinski definition) is 2. The molecule has 0 fully saturated rings. The summed E-state index contributed by atoms with van der Waals surface area (Å²) in [6.07, 6.45) is 0. The zero-order valence-electron chi connectivity index (χ0n) is 20.9. The molecule has 1 aliphatic rings. The van der Waals surface area contributed by atoms with E-state index in [1.807, 2.05) is 30.3 Å². The highest BCUT2D eigenvalue weighted by molar-refractivity contribution is 6.14. The van der Waals surface area contributed by atoms with E-state index in [1.54, 1.807) is 0 Å². The zero-order valence-corrected chi connectivity index (χ0v) is 20.9. The molecule has 1 aliphatic carbocycles. The van der Waals surface area contributed by atoms with Gasteiger partial charge in [-0.05, 0) is 52.9 Å². The van der Waals surface area contributed by atoms with Gasteiger partial charge in [-0.25, -0.2) is 9.97 Å². The first-order chi connectivity index (χ1) is 18.8. The molecule has 0 saturated heterocycles. The molecule has 3 nitrogen and oxygen atoms in total. The molecule has 0 atom stereocenters. The van der Waals surface area contributed by atoms with Crippen LogP contribution < -0.4 is 0 Å². The Balaban J connectivity index is 1.55.